The molecule has 1 saturated carbocycles. The maximum Gasteiger partial charge on any atom is 0.233 e. The lowest BCUT2D eigenvalue weighted by Gasteiger charge is -2.35. The van der Waals surface area contributed by atoms with Gasteiger partial charge in [0.1, 0.15) is 5.82 Å². The SMILES string of the molecule is Cl.O.O.O.O=C1[C@H]2CCCC[C@H]2C(=O)N1CCCCN1CCN(c2nsc3ccccc23)CC1. The highest BCUT2D eigenvalue weighted by Crippen LogP contribution is 2.38. The Morgan fingerprint density at radius 1 is 0.853 bits per heavy atom. The summed E-state index contributed by atoms with van der Waals surface area (Å²) in [5.74, 6) is 1.31. The van der Waals surface area contributed by atoms with Crippen LogP contribution in [0.5, 0.6) is 0 Å². The number of halogens is 1. The number of carbonyl (C=O) groups is 2. The zero-order valence-corrected chi connectivity index (χ0v) is 21.0. The average Bonchev–Trinajstić information content (AvgIpc) is 3.32. The van der Waals surface area contributed by atoms with Crippen molar-refractivity contribution in [2.45, 2.75) is 38.5 Å². The third-order valence-electron chi connectivity index (χ3n) is 7.07. The van der Waals surface area contributed by atoms with Crippen LogP contribution >= 0.6 is 23.9 Å². The van der Waals surface area contributed by atoms with Crippen LogP contribution in [0.4, 0.5) is 5.82 Å². The summed E-state index contributed by atoms with van der Waals surface area (Å²) in [6, 6.07) is 8.45. The summed E-state index contributed by atoms with van der Waals surface area (Å²) in [5.41, 5.74) is 0. The van der Waals surface area contributed by atoms with Crippen LogP contribution in [0.3, 0.4) is 0 Å². The number of hydrogen-bond donors (Lipinski definition) is 0. The number of aromatic nitrogens is 1. The van der Waals surface area contributed by atoms with Gasteiger partial charge in [-0.3, -0.25) is 19.4 Å². The number of rotatable bonds is 6. The Kier molecular flexibility index (Phi) is 11.8. The van der Waals surface area contributed by atoms with Crippen molar-refractivity contribution in [3.05, 3.63) is 24.3 Å². The van der Waals surface area contributed by atoms with Gasteiger partial charge in [-0.25, -0.2) is 0 Å². The first-order chi connectivity index (χ1) is 14.7. The average molecular weight is 517 g/mol. The predicted molar refractivity (Wildman–Crippen MR) is 138 cm³/mol. The molecule has 1 aromatic carbocycles. The number of fused-ring (bicyclic) bond motifs is 2. The fraction of sp³-hybridized carbons (Fsp3) is 0.609. The first-order valence-corrected chi connectivity index (χ1v) is 12.2. The molecule has 34 heavy (non-hydrogen) atoms. The molecule has 0 bridgehead atoms. The molecular weight excluding hydrogens is 480 g/mol. The lowest BCUT2D eigenvalue weighted by atomic mass is 9.81. The summed E-state index contributed by atoms with van der Waals surface area (Å²) in [7, 11) is 0. The van der Waals surface area contributed by atoms with E-state index in [0.29, 0.717) is 6.54 Å². The molecule has 3 aliphatic rings. The third-order valence-corrected chi connectivity index (χ3v) is 7.89. The second-order valence-electron chi connectivity index (χ2n) is 8.86. The van der Waals surface area contributed by atoms with Crippen molar-refractivity contribution in [1.82, 2.24) is 14.2 Å². The Balaban J connectivity index is 0.00000144. The van der Waals surface area contributed by atoms with E-state index >= 15 is 0 Å². The zero-order valence-electron chi connectivity index (χ0n) is 19.4. The van der Waals surface area contributed by atoms with Gasteiger partial charge in [-0.2, -0.15) is 4.37 Å². The first kappa shape index (κ1) is 30.2. The number of likely N-dealkylation sites (tertiary alicyclic amines) is 1. The standard InChI is InChI=1S/C23H30N4O2S.ClH.3H2O/c28-22-17-7-1-2-8-18(17)23(29)27(22)12-6-5-11-25-13-15-26(16-14-25)21-19-9-3-4-10-20(19)30-24-21;;;;/h3-4,9-10,17-18H,1-2,5-8,11-16H2;1H;3*1H2/t17-,18+;;;;. The van der Waals surface area contributed by atoms with Crippen molar-refractivity contribution in [2.24, 2.45) is 11.8 Å². The molecule has 2 atom stereocenters. The van der Waals surface area contributed by atoms with E-state index in [4.69, 9.17) is 0 Å². The van der Waals surface area contributed by atoms with E-state index in [-0.39, 0.29) is 52.5 Å². The van der Waals surface area contributed by atoms with Gasteiger partial charge in [-0.15, -0.1) is 12.4 Å². The van der Waals surface area contributed by atoms with Crippen molar-refractivity contribution >= 4 is 51.7 Å². The number of amides is 2. The van der Waals surface area contributed by atoms with Gasteiger partial charge in [0.25, 0.3) is 0 Å². The fourth-order valence-electron chi connectivity index (χ4n) is 5.34. The fourth-order valence-corrected chi connectivity index (χ4v) is 6.14. The molecule has 5 rings (SSSR count). The summed E-state index contributed by atoms with van der Waals surface area (Å²) >= 11 is 1.58. The molecular formula is C23H37ClN4O5S. The highest BCUT2D eigenvalue weighted by Gasteiger charge is 2.47. The Labute approximate surface area is 210 Å². The molecule has 2 aromatic rings. The smallest absolute Gasteiger partial charge is 0.233 e. The van der Waals surface area contributed by atoms with E-state index in [9.17, 15) is 9.59 Å². The Morgan fingerprint density at radius 3 is 2.09 bits per heavy atom. The highest BCUT2D eigenvalue weighted by atomic mass is 35.5. The minimum absolute atomic E-state index is 0. The topological polar surface area (TPSA) is 151 Å². The molecule has 2 aliphatic heterocycles. The molecule has 11 heteroatoms. The molecule has 2 saturated heterocycles. The number of unbranched alkanes of at least 4 members (excludes halogenated alkanes) is 1. The number of anilines is 1. The number of benzene rings is 1. The molecule has 192 valence electrons. The van der Waals surface area contributed by atoms with Gasteiger partial charge in [0, 0.05) is 38.1 Å². The summed E-state index contributed by atoms with van der Waals surface area (Å²) in [6.45, 7) is 5.72. The second kappa shape index (κ2) is 13.3. The monoisotopic (exact) mass is 516 g/mol. The summed E-state index contributed by atoms with van der Waals surface area (Å²) in [5, 5.41) is 1.26. The number of nitrogens with zero attached hydrogens (tertiary/aromatic N) is 4. The Bertz CT molecular complexity index is 913. The molecule has 3 heterocycles. The first-order valence-electron chi connectivity index (χ1n) is 11.4. The minimum atomic E-state index is -0.0128. The Morgan fingerprint density at radius 2 is 1.44 bits per heavy atom. The van der Waals surface area contributed by atoms with E-state index in [1.165, 1.54) is 10.1 Å². The van der Waals surface area contributed by atoms with Crippen LogP contribution < -0.4 is 4.90 Å². The minimum Gasteiger partial charge on any atom is -0.412 e. The van der Waals surface area contributed by atoms with E-state index < -0.39 is 0 Å². The van der Waals surface area contributed by atoms with E-state index in [2.05, 4.69) is 38.4 Å². The molecule has 2 amide bonds. The summed E-state index contributed by atoms with van der Waals surface area (Å²) < 4.78 is 5.94. The van der Waals surface area contributed by atoms with E-state index in [1.807, 2.05) is 0 Å². The maximum absolute atomic E-state index is 12.6. The Hall–Kier alpha value is -1.82. The van der Waals surface area contributed by atoms with Crippen molar-refractivity contribution in [3.8, 4) is 0 Å². The normalized spacial score (nSPS) is 22.4. The van der Waals surface area contributed by atoms with Gasteiger partial charge < -0.3 is 21.3 Å². The van der Waals surface area contributed by atoms with E-state index in [0.717, 1.165) is 77.1 Å². The van der Waals surface area contributed by atoms with Crippen LogP contribution in [0.2, 0.25) is 0 Å². The largest absolute Gasteiger partial charge is 0.412 e. The van der Waals surface area contributed by atoms with Crippen LogP contribution in [-0.2, 0) is 9.59 Å². The van der Waals surface area contributed by atoms with Crippen LogP contribution in [-0.4, -0.2) is 81.7 Å². The lowest BCUT2D eigenvalue weighted by molar-refractivity contribution is -0.140. The molecule has 0 unspecified atom stereocenters. The van der Waals surface area contributed by atoms with Crippen molar-refractivity contribution in [3.63, 3.8) is 0 Å². The van der Waals surface area contributed by atoms with Gasteiger partial charge in [-0.1, -0.05) is 25.0 Å². The molecule has 0 spiro atoms. The zero-order chi connectivity index (χ0) is 20.5. The summed E-state index contributed by atoms with van der Waals surface area (Å²) in [4.78, 5) is 31.6. The van der Waals surface area contributed by atoms with Crippen LogP contribution in [0.15, 0.2) is 24.3 Å². The molecule has 0 radical (unpaired) electrons. The van der Waals surface area contributed by atoms with Gasteiger partial charge in [-0.05, 0) is 55.9 Å². The molecule has 1 aromatic heterocycles. The quantitative estimate of drug-likeness (QED) is 0.418. The number of imide groups is 1. The van der Waals surface area contributed by atoms with Gasteiger partial charge in [0.15, 0.2) is 0 Å². The molecule has 9 nitrogen and oxygen atoms in total. The van der Waals surface area contributed by atoms with Crippen molar-refractivity contribution in [2.75, 3.05) is 44.2 Å². The molecule has 3 fully saturated rings. The van der Waals surface area contributed by atoms with Gasteiger partial charge >= 0.3 is 0 Å². The molecule has 1 aliphatic carbocycles. The maximum atomic E-state index is 12.6. The van der Waals surface area contributed by atoms with Crippen LogP contribution in [0, 0.1) is 11.8 Å². The molecule has 6 N–H and O–H groups in total. The lowest BCUT2D eigenvalue weighted by Crippen LogP contribution is -2.46. The van der Waals surface area contributed by atoms with E-state index in [1.54, 1.807) is 16.4 Å². The second-order valence-corrected chi connectivity index (χ2v) is 9.67. The summed E-state index contributed by atoms with van der Waals surface area (Å²) in [6.07, 6.45) is 5.95. The number of hydrogen-bond acceptors (Lipinski definition) is 6. The highest BCUT2D eigenvalue weighted by molar-refractivity contribution is 7.13. The van der Waals surface area contributed by atoms with Crippen LogP contribution in [0.1, 0.15) is 38.5 Å². The predicted octanol–water partition coefficient (Wildman–Crippen LogP) is 1.32. The van der Waals surface area contributed by atoms with Crippen LogP contribution in [0.25, 0.3) is 10.1 Å². The van der Waals surface area contributed by atoms with Gasteiger partial charge in [0.2, 0.25) is 11.8 Å². The number of carbonyl (C=O) groups excluding carboxylic acids is 2. The van der Waals surface area contributed by atoms with Crippen molar-refractivity contribution in [1.29, 1.82) is 0 Å². The van der Waals surface area contributed by atoms with Crippen molar-refractivity contribution < 1.29 is 26.0 Å². The third kappa shape index (κ3) is 5.87. The number of piperazine rings is 1. The van der Waals surface area contributed by atoms with Gasteiger partial charge in [0.05, 0.1) is 16.5 Å².